The van der Waals surface area contributed by atoms with E-state index in [0.717, 1.165) is 13.1 Å². The van der Waals surface area contributed by atoms with Crippen LogP contribution >= 0.6 is 12.4 Å². The Hall–Kier alpha value is -0.530. The molecule has 1 aromatic rings. The van der Waals surface area contributed by atoms with Crippen molar-refractivity contribution in [3.63, 3.8) is 0 Å². The van der Waals surface area contributed by atoms with Gasteiger partial charge in [0, 0.05) is 6.54 Å². The van der Waals surface area contributed by atoms with Crippen LogP contribution in [-0.2, 0) is 6.54 Å². The Morgan fingerprint density at radius 2 is 2.08 bits per heavy atom. The van der Waals surface area contributed by atoms with Gasteiger partial charge in [-0.25, -0.2) is 0 Å². The number of benzene rings is 1. The maximum absolute atomic E-state index is 3.29. The first-order chi connectivity index (χ1) is 5.33. The van der Waals surface area contributed by atoms with Gasteiger partial charge in [0.1, 0.15) is 0 Å². The number of nitrogens with one attached hydrogen (secondary N) is 1. The van der Waals surface area contributed by atoms with Crippen molar-refractivity contribution in [2.45, 2.75) is 20.4 Å². The molecule has 68 valence electrons. The zero-order valence-electron chi connectivity index (χ0n) is 7.63. The monoisotopic (exact) mass is 185 g/mol. The van der Waals surface area contributed by atoms with Crippen LogP contribution in [0.3, 0.4) is 0 Å². The van der Waals surface area contributed by atoms with Crippen molar-refractivity contribution >= 4 is 12.4 Å². The van der Waals surface area contributed by atoms with Crippen LogP contribution in [0.1, 0.15) is 18.1 Å². The van der Waals surface area contributed by atoms with E-state index in [9.17, 15) is 0 Å². The van der Waals surface area contributed by atoms with Crippen LogP contribution in [0, 0.1) is 6.92 Å². The topological polar surface area (TPSA) is 12.0 Å². The predicted molar refractivity (Wildman–Crippen MR) is 55.8 cm³/mol. The van der Waals surface area contributed by atoms with E-state index in [2.05, 4.69) is 43.4 Å². The Morgan fingerprint density at radius 3 is 2.67 bits per heavy atom. The van der Waals surface area contributed by atoms with E-state index >= 15 is 0 Å². The van der Waals surface area contributed by atoms with Crippen LogP contribution in [0.25, 0.3) is 0 Å². The van der Waals surface area contributed by atoms with Gasteiger partial charge in [-0.1, -0.05) is 36.8 Å². The lowest BCUT2D eigenvalue weighted by Gasteiger charge is -2.01. The molecule has 0 aliphatic carbocycles. The second-order valence-corrected chi connectivity index (χ2v) is 2.77. The van der Waals surface area contributed by atoms with Gasteiger partial charge in [0.05, 0.1) is 0 Å². The van der Waals surface area contributed by atoms with E-state index < -0.39 is 0 Å². The third-order valence-electron chi connectivity index (χ3n) is 1.66. The van der Waals surface area contributed by atoms with E-state index in [4.69, 9.17) is 0 Å². The van der Waals surface area contributed by atoms with Crippen LogP contribution in [-0.4, -0.2) is 6.54 Å². The maximum atomic E-state index is 3.29. The summed E-state index contributed by atoms with van der Waals surface area (Å²) in [4.78, 5) is 0. The van der Waals surface area contributed by atoms with Gasteiger partial charge in [0.25, 0.3) is 0 Å². The number of aryl methyl sites for hydroxylation is 1. The summed E-state index contributed by atoms with van der Waals surface area (Å²) in [5.74, 6) is 0. The van der Waals surface area contributed by atoms with Crippen LogP contribution in [0.15, 0.2) is 24.3 Å². The van der Waals surface area contributed by atoms with Gasteiger partial charge in [0.2, 0.25) is 0 Å². The van der Waals surface area contributed by atoms with E-state index in [0.29, 0.717) is 0 Å². The summed E-state index contributed by atoms with van der Waals surface area (Å²) in [7, 11) is 0. The molecule has 2 heteroatoms. The summed E-state index contributed by atoms with van der Waals surface area (Å²) >= 11 is 0. The highest BCUT2D eigenvalue weighted by Crippen LogP contribution is 2.02. The summed E-state index contributed by atoms with van der Waals surface area (Å²) in [5, 5.41) is 3.29. The molecule has 0 spiro atoms. The Kier molecular flexibility index (Phi) is 5.77. The molecular weight excluding hydrogens is 170 g/mol. The fourth-order valence-electron chi connectivity index (χ4n) is 1.09. The van der Waals surface area contributed by atoms with Crippen molar-refractivity contribution in [1.82, 2.24) is 5.32 Å². The van der Waals surface area contributed by atoms with E-state index in [-0.39, 0.29) is 12.4 Å². The van der Waals surface area contributed by atoms with Crippen molar-refractivity contribution in [2.24, 2.45) is 0 Å². The lowest BCUT2D eigenvalue weighted by Crippen LogP contribution is -2.11. The zero-order valence-corrected chi connectivity index (χ0v) is 8.45. The Labute approximate surface area is 80.6 Å². The molecule has 12 heavy (non-hydrogen) atoms. The van der Waals surface area contributed by atoms with Crippen LogP contribution in [0.4, 0.5) is 0 Å². The minimum absolute atomic E-state index is 0. The average Bonchev–Trinajstić information content (AvgIpc) is 2.01. The molecule has 0 fully saturated rings. The van der Waals surface area contributed by atoms with Crippen LogP contribution < -0.4 is 5.32 Å². The first-order valence-electron chi connectivity index (χ1n) is 4.09. The molecular formula is C10H16ClN. The standard InChI is InChI=1S/C10H15N.ClH/c1-3-11-8-10-6-4-5-9(2)7-10;/h4-7,11H,3,8H2,1-2H3;1H. The Morgan fingerprint density at radius 1 is 1.33 bits per heavy atom. The molecule has 0 aliphatic rings. The second-order valence-electron chi connectivity index (χ2n) is 2.77. The molecule has 0 saturated heterocycles. The summed E-state index contributed by atoms with van der Waals surface area (Å²) in [6.07, 6.45) is 0. The lowest BCUT2D eigenvalue weighted by molar-refractivity contribution is 0.726. The van der Waals surface area contributed by atoms with Crippen molar-refractivity contribution in [3.05, 3.63) is 35.4 Å². The zero-order chi connectivity index (χ0) is 8.10. The largest absolute Gasteiger partial charge is 0.313 e. The molecule has 0 aliphatic heterocycles. The van der Waals surface area contributed by atoms with Crippen molar-refractivity contribution in [3.8, 4) is 0 Å². The third-order valence-corrected chi connectivity index (χ3v) is 1.66. The van der Waals surface area contributed by atoms with E-state index in [1.807, 2.05) is 0 Å². The minimum Gasteiger partial charge on any atom is -0.313 e. The molecule has 1 rings (SSSR count). The first kappa shape index (κ1) is 11.5. The summed E-state index contributed by atoms with van der Waals surface area (Å²) in [5.41, 5.74) is 2.70. The van der Waals surface area contributed by atoms with Gasteiger partial charge in [-0.15, -0.1) is 12.4 Å². The van der Waals surface area contributed by atoms with Gasteiger partial charge in [0.15, 0.2) is 0 Å². The smallest absolute Gasteiger partial charge is 0.0205 e. The number of hydrogen-bond acceptors (Lipinski definition) is 1. The van der Waals surface area contributed by atoms with E-state index in [1.54, 1.807) is 0 Å². The summed E-state index contributed by atoms with van der Waals surface area (Å²) in [6, 6.07) is 8.58. The quantitative estimate of drug-likeness (QED) is 0.763. The second kappa shape index (κ2) is 6.04. The third kappa shape index (κ3) is 3.74. The van der Waals surface area contributed by atoms with Crippen molar-refractivity contribution in [1.29, 1.82) is 0 Å². The molecule has 1 nitrogen and oxygen atoms in total. The van der Waals surface area contributed by atoms with Gasteiger partial charge in [-0.2, -0.15) is 0 Å². The molecule has 0 amide bonds. The number of halogens is 1. The Bertz CT molecular complexity index is 223. The van der Waals surface area contributed by atoms with Gasteiger partial charge in [-0.05, 0) is 19.0 Å². The molecule has 1 aromatic carbocycles. The van der Waals surface area contributed by atoms with E-state index in [1.165, 1.54) is 11.1 Å². The normalized spacial score (nSPS) is 9.17. The number of hydrogen-bond donors (Lipinski definition) is 1. The molecule has 0 atom stereocenters. The molecule has 0 bridgehead atoms. The summed E-state index contributed by atoms with van der Waals surface area (Å²) in [6.45, 7) is 6.26. The molecule has 0 radical (unpaired) electrons. The highest BCUT2D eigenvalue weighted by molar-refractivity contribution is 5.85. The first-order valence-corrected chi connectivity index (χ1v) is 4.09. The highest BCUT2D eigenvalue weighted by Gasteiger charge is 1.89. The highest BCUT2D eigenvalue weighted by atomic mass is 35.5. The SMILES string of the molecule is CCNCc1cccc(C)c1.Cl. The van der Waals surface area contributed by atoms with Crippen molar-refractivity contribution < 1.29 is 0 Å². The lowest BCUT2D eigenvalue weighted by atomic mass is 10.1. The summed E-state index contributed by atoms with van der Waals surface area (Å²) < 4.78 is 0. The molecule has 0 heterocycles. The molecule has 0 saturated carbocycles. The minimum atomic E-state index is 0. The Balaban J connectivity index is 0.00000121. The van der Waals surface area contributed by atoms with Crippen LogP contribution in [0.2, 0.25) is 0 Å². The fourth-order valence-corrected chi connectivity index (χ4v) is 1.09. The molecule has 0 aromatic heterocycles. The predicted octanol–water partition coefficient (Wildman–Crippen LogP) is 2.53. The van der Waals surface area contributed by atoms with Gasteiger partial charge in [-0.3, -0.25) is 0 Å². The molecule has 1 N–H and O–H groups in total. The van der Waals surface area contributed by atoms with Gasteiger partial charge < -0.3 is 5.32 Å². The molecule has 0 unspecified atom stereocenters. The maximum Gasteiger partial charge on any atom is 0.0205 e. The van der Waals surface area contributed by atoms with Crippen LogP contribution in [0.5, 0.6) is 0 Å². The fraction of sp³-hybridized carbons (Fsp3) is 0.400. The average molecular weight is 186 g/mol. The number of rotatable bonds is 3. The van der Waals surface area contributed by atoms with Gasteiger partial charge >= 0.3 is 0 Å². The van der Waals surface area contributed by atoms with Crippen molar-refractivity contribution in [2.75, 3.05) is 6.54 Å².